The van der Waals surface area contributed by atoms with Gasteiger partial charge in [-0.25, -0.2) is 8.42 Å². The van der Waals surface area contributed by atoms with Crippen molar-refractivity contribution in [2.24, 2.45) is 5.92 Å². The smallest absolute Gasteiger partial charge is 0.236 e. The Morgan fingerprint density at radius 1 is 1.06 bits per heavy atom. The first-order valence-corrected chi connectivity index (χ1v) is 12.3. The molecule has 0 bridgehead atoms. The lowest BCUT2D eigenvalue weighted by Gasteiger charge is -2.34. The average Bonchev–Trinajstić information content (AvgIpc) is 2.83. The van der Waals surface area contributed by atoms with Crippen molar-refractivity contribution in [2.75, 3.05) is 33.3 Å². The Hall–Kier alpha value is -2.84. The lowest BCUT2D eigenvalue weighted by atomic mass is 9.96. The van der Waals surface area contributed by atoms with Crippen molar-refractivity contribution < 1.29 is 22.7 Å². The maximum Gasteiger partial charge on any atom is 0.236 e. The second-order valence-electron chi connectivity index (χ2n) is 8.15. The van der Waals surface area contributed by atoms with Gasteiger partial charge in [-0.15, -0.1) is 0 Å². The standard InChI is InChI=1S/C24H28N2O5S/c1-25(17-21-18-30-22-9-5-6-10-23(22)31-21)24(27)20-11-14-26(15-12-20)32(28,29)16-13-19-7-3-2-4-8-19/h2-10,13,16,20-21H,11-12,14-15,17-18H2,1H3/b16-13-/t21-/m1/s1. The molecule has 1 atom stereocenters. The largest absolute Gasteiger partial charge is 0.486 e. The summed E-state index contributed by atoms with van der Waals surface area (Å²) in [5.74, 6) is 1.23. The van der Waals surface area contributed by atoms with E-state index in [-0.39, 0.29) is 17.9 Å². The molecule has 0 radical (unpaired) electrons. The van der Waals surface area contributed by atoms with Gasteiger partial charge < -0.3 is 14.4 Å². The highest BCUT2D eigenvalue weighted by Crippen LogP contribution is 2.31. The fraction of sp³-hybridized carbons (Fsp3) is 0.375. The fourth-order valence-corrected chi connectivity index (χ4v) is 5.25. The van der Waals surface area contributed by atoms with Gasteiger partial charge in [-0.2, -0.15) is 4.31 Å². The van der Waals surface area contributed by atoms with E-state index in [1.807, 2.05) is 54.6 Å². The van der Waals surface area contributed by atoms with Crippen LogP contribution < -0.4 is 9.47 Å². The number of amides is 1. The summed E-state index contributed by atoms with van der Waals surface area (Å²) < 4.78 is 38.4. The van der Waals surface area contributed by atoms with Gasteiger partial charge in [0.1, 0.15) is 6.61 Å². The first-order valence-electron chi connectivity index (χ1n) is 10.8. The van der Waals surface area contributed by atoms with E-state index in [0.717, 1.165) is 5.56 Å². The van der Waals surface area contributed by atoms with Crippen molar-refractivity contribution in [3.05, 3.63) is 65.6 Å². The van der Waals surface area contributed by atoms with Gasteiger partial charge in [-0.05, 0) is 36.6 Å². The first-order chi connectivity index (χ1) is 15.4. The number of likely N-dealkylation sites (N-methyl/N-ethyl adjacent to an activating group) is 1. The van der Waals surface area contributed by atoms with E-state index in [9.17, 15) is 13.2 Å². The molecule has 1 amide bonds. The summed E-state index contributed by atoms with van der Waals surface area (Å²) in [7, 11) is -1.75. The number of hydrogen-bond acceptors (Lipinski definition) is 5. The van der Waals surface area contributed by atoms with Crippen LogP contribution in [0.4, 0.5) is 0 Å². The predicted molar refractivity (Wildman–Crippen MR) is 123 cm³/mol. The zero-order valence-electron chi connectivity index (χ0n) is 18.1. The maximum absolute atomic E-state index is 12.9. The minimum absolute atomic E-state index is 0.0179. The number of carbonyl (C=O) groups excluding carboxylic acids is 1. The zero-order valence-corrected chi connectivity index (χ0v) is 18.9. The number of fused-ring (bicyclic) bond motifs is 1. The number of benzene rings is 2. The molecule has 0 aromatic heterocycles. The number of hydrogen-bond donors (Lipinski definition) is 0. The molecule has 1 fully saturated rings. The van der Waals surface area contributed by atoms with E-state index >= 15 is 0 Å². The van der Waals surface area contributed by atoms with E-state index in [2.05, 4.69) is 0 Å². The van der Waals surface area contributed by atoms with Crippen molar-refractivity contribution in [2.45, 2.75) is 18.9 Å². The predicted octanol–water partition coefficient (Wildman–Crippen LogP) is 3.00. The number of rotatable bonds is 6. The van der Waals surface area contributed by atoms with Gasteiger partial charge >= 0.3 is 0 Å². The summed E-state index contributed by atoms with van der Waals surface area (Å²) in [5.41, 5.74) is 0.833. The lowest BCUT2D eigenvalue weighted by Crippen LogP contribution is -2.46. The highest BCUT2D eigenvalue weighted by atomic mass is 32.2. The fourth-order valence-electron chi connectivity index (χ4n) is 4.03. The highest BCUT2D eigenvalue weighted by molar-refractivity contribution is 7.92. The molecule has 4 rings (SSSR count). The van der Waals surface area contributed by atoms with Gasteiger partial charge in [0.05, 0.1) is 6.54 Å². The third kappa shape index (κ3) is 5.31. The monoisotopic (exact) mass is 456 g/mol. The van der Waals surface area contributed by atoms with E-state index in [1.54, 1.807) is 18.0 Å². The van der Waals surface area contributed by atoms with Gasteiger partial charge in [-0.3, -0.25) is 4.79 Å². The van der Waals surface area contributed by atoms with Crippen molar-refractivity contribution in [1.82, 2.24) is 9.21 Å². The molecule has 170 valence electrons. The van der Waals surface area contributed by atoms with Crippen LogP contribution in [0.3, 0.4) is 0 Å². The van der Waals surface area contributed by atoms with Crippen molar-refractivity contribution in [3.63, 3.8) is 0 Å². The van der Waals surface area contributed by atoms with Gasteiger partial charge in [-0.1, -0.05) is 42.5 Å². The van der Waals surface area contributed by atoms with Gasteiger partial charge in [0, 0.05) is 31.5 Å². The first kappa shape index (κ1) is 22.4. The molecule has 0 saturated carbocycles. The highest BCUT2D eigenvalue weighted by Gasteiger charge is 2.32. The average molecular weight is 457 g/mol. The molecular weight excluding hydrogens is 428 g/mol. The summed E-state index contributed by atoms with van der Waals surface area (Å²) in [6.07, 6.45) is 2.38. The zero-order chi connectivity index (χ0) is 22.6. The van der Waals surface area contributed by atoms with Crippen molar-refractivity contribution in [1.29, 1.82) is 0 Å². The van der Waals surface area contributed by atoms with Crippen LogP contribution in [0.1, 0.15) is 18.4 Å². The van der Waals surface area contributed by atoms with Crippen LogP contribution in [-0.4, -0.2) is 62.9 Å². The van der Waals surface area contributed by atoms with E-state index in [1.165, 1.54) is 9.71 Å². The second kappa shape index (κ2) is 9.75. The Labute approximate surface area is 189 Å². The van der Waals surface area contributed by atoms with Crippen molar-refractivity contribution in [3.8, 4) is 11.5 Å². The number of carbonyl (C=O) groups is 1. The molecule has 32 heavy (non-hydrogen) atoms. The maximum atomic E-state index is 12.9. The molecule has 0 aliphatic carbocycles. The summed E-state index contributed by atoms with van der Waals surface area (Å²) in [5, 5.41) is 1.24. The van der Waals surface area contributed by atoms with Crippen LogP contribution in [-0.2, 0) is 14.8 Å². The minimum atomic E-state index is -3.51. The van der Waals surface area contributed by atoms with Crippen LogP contribution in [0, 0.1) is 5.92 Å². The third-order valence-electron chi connectivity index (χ3n) is 5.82. The molecular formula is C24H28N2O5S. The van der Waals surface area contributed by atoms with Gasteiger partial charge in [0.2, 0.25) is 15.9 Å². The number of sulfonamides is 1. The molecule has 2 aliphatic heterocycles. The quantitative estimate of drug-likeness (QED) is 0.668. The van der Waals surface area contributed by atoms with E-state index < -0.39 is 10.0 Å². The summed E-state index contributed by atoms with van der Waals surface area (Å²) >= 11 is 0. The number of nitrogens with zero attached hydrogens (tertiary/aromatic N) is 2. The number of para-hydroxylation sites is 2. The van der Waals surface area contributed by atoms with E-state index in [0.29, 0.717) is 50.6 Å². The summed E-state index contributed by atoms with van der Waals surface area (Å²) in [6.45, 7) is 1.48. The lowest BCUT2D eigenvalue weighted by molar-refractivity contribution is -0.136. The Bertz CT molecular complexity index is 1060. The van der Waals surface area contributed by atoms with Crippen LogP contribution in [0.2, 0.25) is 0 Å². The SMILES string of the molecule is CN(C[C@@H]1COc2ccccc2O1)C(=O)C1CCN(S(=O)(=O)/C=C\c2ccccc2)CC1. The Kier molecular flexibility index (Phi) is 6.81. The molecule has 8 heteroatoms. The molecule has 7 nitrogen and oxygen atoms in total. The number of ether oxygens (including phenoxy) is 2. The van der Waals surface area contributed by atoms with Crippen LogP contribution in [0.25, 0.3) is 6.08 Å². The Morgan fingerprint density at radius 3 is 2.44 bits per heavy atom. The molecule has 0 unspecified atom stereocenters. The van der Waals surface area contributed by atoms with Crippen molar-refractivity contribution >= 4 is 22.0 Å². The summed E-state index contributed by atoms with van der Waals surface area (Å²) in [6, 6.07) is 16.8. The Morgan fingerprint density at radius 2 is 1.72 bits per heavy atom. The minimum Gasteiger partial charge on any atom is -0.486 e. The molecule has 2 aromatic carbocycles. The van der Waals surface area contributed by atoms with Gasteiger partial charge in [0.15, 0.2) is 17.6 Å². The molecule has 0 spiro atoms. The van der Waals surface area contributed by atoms with Crippen LogP contribution >= 0.6 is 0 Å². The third-order valence-corrected chi connectivity index (χ3v) is 7.38. The van der Waals surface area contributed by atoms with Gasteiger partial charge in [0.25, 0.3) is 0 Å². The molecule has 2 aliphatic rings. The molecule has 1 saturated heterocycles. The van der Waals surface area contributed by atoms with E-state index in [4.69, 9.17) is 9.47 Å². The Balaban J connectivity index is 1.28. The van der Waals surface area contributed by atoms with Crippen LogP contribution in [0.15, 0.2) is 60.0 Å². The molecule has 2 heterocycles. The van der Waals surface area contributed by atoms with Crippen LogP contribution in [0.5, 0.6) is 11.5 Å². The topological polar surface area (TPSA) is 76.2 Å². The normalized spacial score (nSPS) is 19.7. The summed E-state index contributed by atoms with van der Waals surface area (Å²) in [4.78, 5) is 14.6. The molecule has 2 aromatic rings. The number of piperidine rings is 1. The molecule has 0 N–H and O–H groups in total. The second-order valence-corrected chi connectivity index (χ2v) is 9.97.